The van der Waals surface area contributed by atoms with Crippen molar-refractivity contribution in [2.24, 2.45) is 0 Å². The van der Waals surface area contributed by atoms with Gasteiger partial charge in [0.05, 0.1) is 10.0 Å². The Kier molecular flexibility index (Phi) is 7.04. The number of aromatic hydroxyl groups is 1. The molecule has 1 atom stereocenters. The molecule has 36 heavy (non-hydrogen) atoms. The van der Waals surface area contributed by atoms with Gasteiger partial charge in [-0.3, -0.25) is 4.79 Å². The van der Waals surface area contributed by atoms with Gasteiger partial charge in [0.25, 0.3) is 5.91 Å². The average Bonchev–Trinajstić information content (AvgIpc) is 3.27. The molecule has 7 nitrogen and oxygen atoms in total. The number of para-hydroxylation sites is 1. The minimum absolute atomic E-state index is 0.110. The van der Waals surface area contributed by atoms with Gasteiger partial charge in [0.15, 0.2) is 0 Å². The summed E-state index contributed by atoms with van der Waals surface area (Å²) in [6, 6.07) is 21.5. The summed E-state index contributed by atoms with van der Waals surface area (Å²) in [4.78, 5) is 18.2. The van der Waals surface area contributed by atoms with Gasteiger partial charge in [-0.15, -0.1) is 5.10 Å². The van der Waals surface area contributed by atoms with Gasteiger partial charge in [-0.1, -0.05) is 65.8 Å². The number of benzene rings is 3. The van der Waals surface area contributed by atoms with Crippen molar-refractivity contribution in [3.05, 3.63) is 105 Å². The molecule has 5 rings (SSSR count). The van der Waals surface area contributed by atoms with E-state index in [4.69, 9.17) is 16.7 Å². The smallest absolute Gasteiger partial charge is 0.255 e. The minimum atomic E-state index is -0.566. The third kappa shape index (κ3) is 5.00. The van der Waals surface area contributed by atoms with Crippen LogP contribution in [0.25, 0.3) is 0 Å². The molecule has 4 aromatic rings. The number of nitrogens with zero attached hydrogens (tertiary/aromatic N) is 3. The molecule has 3 N–H and O–H groups in total. The Morgan fingerprint density at radius 2 is 1.92 bits per heavy atom. The number of aromatic nitrogens is 3. The first kappa shape index (κ1) is 24.4. The van der Waals surface area contributed by atoms with Crippen molar-refractivity contribution in [3.63, 3.8) is 0 Å². The van der Waals surface area contributed by atoms with E-state index < -0.39 is 6.04 Å². The van der Waals surface area contributed by atoms with Crippen LogP contribution in [0, 0.1) is 0 Å². The monoisotopic (exact) mass is 581 g/mol. The molecule has 10 heteroatoms. The lowest BCUT2D eigenvalue weighted by molar-refractivity contribution is -0.113. The first-order valence-corrected chi connectivity index (χ1v) is 13.2. The molecule has 0 radical (unpaired) electrons. The number of fused-ring (bicyclic) bond motifs is 1. The van der Waals surface area contributed by atoms with E-state index in [1.54, 1.807) is 22.9 Å². The van der Waals surface area contributed by atoms with Gasteiger partial charge in [0.1, 0.15) is 11.8 Å². The van der Waals surface area contributed by atoms with E-state index in [2.05, 4.69) is 31.5 Å². The van der Waals surface area contributed by atoms with Crippen LogP contribution in [-0.4, -0.2) is 25.8 Å². The van der Waals surface area contributed by atoms with Crippen LogP contribution in [0.15, 0.2) is 93.7 Å². The predicted molar refractivity (Wildman–Crippen MR) is 146 cm³/mol. The topological polar surface area (TPSA) is 92.1 Å². The van der Waals surface area contributed by atoms with E-state index in [9.17, 15) is 9.90 Å². The number of hydrogen-bond acceptors (Lipinski definition) is 6. The lowest BCUT2D eigenvalue weighted by Crippen LogP contribution is -2.31. The van der Waals surface area contributed by atoms with E-state index in [0.29, 0.717) is 43.3 Å². The zero-order chi connectivity index (χ0) is 25.2. The van der Waals surface area contributed by atoms with Gasteiger partial charge in [-0.05, 0) is 64.3 Å². The molecule has 0 spiro atoms. The number of amides is 1. The molecule has 0 bridgehead atoms. The van der Waals surface area contributed by atoms with E-state index in [1.165, 1.54) is 11.8 Å². The Hall–Kier alpha value is -3.27. The Balaban J connectivity index is 1.52. The second kappa shape index (κ2) is 10.4. The van der Waals surface area contributed by atoms with Crippen LogP contribution >= 0.6 is 39.3 Å². The number of hydrogen-bond donors (Lipinski definition) is 3. The molecule has 1 aromatic heterocycles. The Labute approximate surface area is 225 Å². The molecular formula is C26H21BrClN5O2S. The van der Waals surface area contributed by atoms with Crippen molar-refractivity contribution < 1.29 is 9.90 Å². The van der Waals surface area contributed by atoms with Crippen LogP contribution in [0.3, 0.4) is 0 Å². The van der Waals surface area contributed by atoms with E-state index in [-0.39, 0.29) is 11.7 Å². The number of anilines is 2. The van der Waals surface area contributed by atoms with Gasteiger partial charge < -0.3 is 15.7 Å². The number of phenols is 1. The number of phenolic OH excluding ortho intramolecular Hbond substituents is 1. The van der Waals surface area contributed by atoms with Crippen LogP contribution in [0.1, 0.15) is 24.1 Å². The van der Waals surface area contributed by atoms with Crippen LogP contribution in [-0.2, 0) is 10.5 Å². The molecular weight excluding hydrogens is 562 g/mol. The maximum atomic E-state index is 13.5. The molecule has 0 aliphatic carbocycles. The zero-order valence-electron chi connectivity index (χ0n) is 19.1. The van der Waals surface area contributed by atoms with Gasteiger partial charge in [-0.25, -0.2) is 4.68 Å². The number of carbonyl (C=O) groups excluding carboxylic acids is 1. The summed E-state index contributed by atoms with van der Waals surface area (Å²) in [7, 11) is 0. The summed E-state index contributed by atoms with van der Waals surface area (Å²) >= 11 is 11.2. The average molecular weight is 583 g/mol. The van der Waals surface area contributed by atoms with Crippen LogP contribution in [0.4, 0.5) is 11.6 Å². The largest absolute Gasteiger partial charge is 0.507 e. The number of carbonyl (C=O) groups is 1. The second-order valence-electron chi connectivity index (χ2n) is 8.14. The van der Waals surface area contributed by atoms with Crippen LogP contribution in [0.5, 0.6) is 5.75 Å². The van der Waals surface area contributed by atoms with E-state index in [1.807, 2.05) is 61.5 Å². The standard InChI is InChI=1S/C26H21BrClN5O2S/c1-15-22(24(35)30-18-8-3-2-4-9-18)23(16-11-12-21(34)19(27)13-16)33-25(29-15)31-26(32-33)36-14-17-7-5-6-10-20(17)28/h2-13,23,34H,14H2,1H3,(H,30,35)(H,29,31,32). The summed E-state index contributed by atoms with van der Waals surface area (Å²) in [5, 5.41) is 22.3. The highest BCUT2D eigenvalue weighted by molar-refractivity contribution is 9.10. The predicted octanol–water partition coefficient (Wildman–Crippen LogP) is 6.62. The molecule has 3 aromatic carbocycles. The quantitative estimate of drug-likeness (QED) is 0.221. The fourth-order valence-corrected chi connectivity index (χ4v) is 5.48. The lowest BCUT2D eigenvalue weighted by atomic mass is 9.95. The molecule has 0 saturated heterocycles. The number of halogens is 2. The molecule has 1 unspecified atom stereocenters. The highest BCUT2D eigenvalue weighted by Crippen LogP contribution is 2.39. The highest BCUT2D eigenvalue weighted by Gasteiger charge is 2.34. The molecule has 1 amide bonds. The van der Waals surface area contributed by atoms with E-state index >= 15 is 0 Å². The van der Waals surface area contributed by atoms with Crippen molar-refractivity contribution in [2.45, 2.75) is 23.9 Å². The third-order valence-electron chi connectivity index (χ3n) is 5.71. The minimum Gasteiger partial charge on any atom is -0.507 e. The molecule has 182 valence electrons. The SMILES string of the molecule is CC1=C(C(=O)Nc2ccccc2)C(c2ccc(O)c(Br)c2)n2nc(SCc3ccccc3Cl)nc2N1. The van der Waals surface area contributed by atoms with Gasteiger partial charge in [-0.2, -0.15) is 4.98 Å². The summed E-state index contributed by atoms with van der Waals surface area (Å²) in [6.07, 6.45) is 0. The number of nitrogens with one attached hydrogen (secondary N) is 2. The van der Waals surface area contributed by atoms with Crippen molar-refractivity contribution in [3.8, 4) is 5.75 Å². The molecule has 1 aliphatic rings. The maximum Gasteiger partial charge on any atom is 0.255 e. The normalized spacial score (nSPS) is 14.8. The fraction of sp³-hybridized carbons (Fsp3) is 0.115. The first-order valence-electron chi connectivity index (χ1n) is 11.1. The maximum absolute atomic E-state index is 13.5. The summed E-state index contributed by atoms with van der Waals surface area (Å²) in [5.41, 5.74) is 3.61. The fourth-order valence-electron chi connectivity index (χ4n) is 3.97. The van der Waals surface area contributed by atoms with Crippen LogP contribution in [0.2, 0.25) is 5.02 Å². The zero-order valence-corrected chi connectivity index (χ0v) is 22.2. The molecule has 1 aliphatic heterocycles. The Bertz CT molecular complexity index is 1470. The number of allylic oxidation sites excluding steroid dienone is 1. The highest BCUT2D eigenvalue weighted by atomic mass is 79.9. The van der Waals surface area contributed by atoms with Gasteiger partial charge >= 0.3 is 0 Å². The summed E-state index contributed by atoms with van der Waals surface area (Å²) < 4.78 is 2.23. The Morgan fingerprint density at radius 1 is 1.17 bits per heavy atom. The third-order valence-corrected chi connectivity index (χ3v) is 7.60. The van der Waals surface area contributed by atoms with Crippen LogP contribution < -0.4 is 10.6 Å². The first-order chi connectivity index (χ1) is 17.4. The number of rotatable bonds is 6. The lowest BCUT2D eigenvalue weighted by Gasteiger charge is -2.28. The second-order valence-corrected chi connectivity index (χ2v) is 10.3. The van der Waals surface area contributed by atoms with Crippen molar-refractivity contribution in [1.29, 1.82) is 0 Å². The molecule has 0 saturated carbocycles. The molecule has 0 fully saturated rings. The van der Waals surface area contributed by atoms with Crippen molar-refractivity contribution >= 4 is 56.8 Å². The summed E-state index contributed by atoms with van der Waals surface area (Å²) in [6.45, 7) is 1.84. The van der Waals surface area contributed by atoms with Crippen molar-refractivity contribution in [1.82, 2.24) is 14.8 Å². The molecule has 2 heterocycles. The Morgan fingerprint density at radius 3 is 2.67 bits per heavy atom. The van der Waals surface area contributed by atoms with E-state index in [0.717, 1.165) is 11.1 Å². The van der Waals surface area contributed by atoms with Gasteiger partial charge in [0, 0.05) is 22.2 Å². The van der Waals surface area contributed by atoms with Crippen molar-refractivity contribution in [2.75, 3.05) is 10.6 Å². The number of thioether (sulfide) groups is 1. The summed E-state index contributed by atoms with van der Waals surface area (Å²) in [5.74, 6) is 0.983. The van der Waals surface area contributed by atoms with Gasteiger partial charge in [0.2, 0.25) is 11.1 Å².